The number of aryl methyl sites for hydroxylation is 2. The minimum Gasteiger partial charge on any atom is -0.406 e. The molecule has 9 nitrogen and oxygen atoms in total. The minimum atomic E-state index is -4.74. The lowest BCUT2D eigenvalue weighted by molar-refractivity contribution is -0.274. The van der Waals surface area contributed by atoms with Gasteiger partial charge < -0.3 is 20.3 Å². The van der Waals surface area contributed by atoms with Crippen molar-refractivity contribution in [3.05, 3.63) is 41.7 Å². The van der Waals surface area contributed by atoms with Crippen molar-refractivity contribution >= 4 is 28.8 Å². The van der Waals surface area contributed by atoms with Crippen molar-refractivity contribution in [2.45, 2.75) is 26.1 Å². The summed E-state index contributed by atoms with van der Waals surface area (Å²) in [6.45, 7) is 5.17. The predicted octanol–water partition coefficient (Wildman–Crippen LogP) is 2.61. The zero-order valence-corrected chi connectivity index (χ0v) is 17.8. The van der Waals surface area contributed by atoms with Crippen LogP contribution in [-0.4, -0.2) is 58.4 Å². The summed E-state index contributed by atoms with van der Waals surface area (Å²) in [4.78, 5) is 32.2. The van der Waals surface area contributed by atoms with Crippen LogP contribution in [0.2, 0.25) is 0 Å². The van der Waals surface area contributed by atoms with Crippen LogP contribution in [0.15, 0.2) is 30.5 Å². The Morgan fingerprint density at radius 1 is 1.15 bits per heavy atom. The van der Waals surface area contributed by atoms with Gasteiger partial charge in [0.1, 0.15) is 11.3 Å². The van der Waals surface area contributed by atoms with Gasteiger partial charge in [-0.1, -0.05) is 12.1 Å². The molecule has 1 aliphatic rings. The summed E-state index contributed by atoms with van der Waals surface area (Å²) in [7, 11) is 0. The van der Waals surface area contributed by atoms with Gasteiger partial charge in [-0.25, -0.2) is 15.0 Å². The van der Waals surface area contributed by atoms with E-state index in [4.69, 9.17) is 0 Å². The molecule has 0 atom stereocenters. The topological polar surface area (TPSA) is 105 Å². The first kappa shape index (κ1) is 22.6. The molecule has 0 saturated carbocycles. The molecule has 1 fully saturated rings. The van der Waals surface area contributed by atoms with E-state index in [1.54, 1.807) is 0 Å². The smallest absolute Gasteiger partial charge is 0.406 e. The number of rotatable bonds is 6. The van der Waals surface area contributed by atoms with Gasteiger partial charge in [0.05, 0.1) is 11.9 Å². The molecule has 12 heteroatoms. The molecular formula is C21H22F3N7O2. The van der Waals surface area contributed by atoms with E-state index in [0.717, 1.165) is 26.2 Å². The van der Waals surface area contributed by atoms with Gasteiger partial charge in [-0.2, -0.15) is 4.98 Å². The minimum absolute atomic E-state index is 0.122. The number of aromatic nitrogens is 4. The van der Waals surface area contributed by atoms with Crippen LogP contribution in [0.1, 0.15) is 17.7 Å². The van der Waals surface area contributed by atoms with Crippen LogP contribution in [0, 0.1) is 6.92 Å². The summed E-state index contributed by atoms with van der Waals surface area (Å²) >= 11 is 0. The molecule has 2 N–H and O–H groups in total. The third-order valence-corrected chi connectivity index (χ3v) is 5.03. The highest BCUT2D eigenvalue weighted by atomic mass is 19.4. The van der Waals surface area contributed by atoms with Gasteiger partial charge in [-0.3, -0.25) is 4.79 Å². The van der Waals surface area contributed by atoms with E-state index >= 15 is 0 Å². The van der Waals surface area contributed by atoms with E-state index in [0.29, 0.717) is 34.8 Å². The maximum atomic E-state index is 12.3. The third kappa shape index (κ3) is 6.04. The number of ether oxygens (including phenoxy) is 1. The zero-order chi connectivity index (χ0) is 23.4. The Morgan fingerprint density at radius 2 is 1.88 bits per heavy atom. The predicted molar refractivity (Wildman–Crippen MR) is 115 cm³/mol. The molecule has 1 aliphatic heterocycles. The maximum absolute atomic E-state index is 12.3. The largest absolute Gasteiger partial charge is 0.573 e. The molecule has 1 amide bonds. The van der Waals surface area contributed by atoms with Crippen molar-refractivity contribution in [2.75, 3.05) is 36.4 Å². The standard InChI is InChI=1S/C21H22F3N7O2/c1-13-18-19(30-20(27-13)31-10-8-25-9-11-31)26-12-16(29-18)28-17(32)7-4-14-2-5-15(6-3-14)33-21(22,23)24/h2-3,5-6,12,25H,4,7-11H2,1H3,(H,28,29,32). The van der Waals surface area contributed by atoms with Gasteiger partial charge in [0, 0.05) is 32.6 Å². The van der Waals surface area contributed by atoms with Gasteiger partial charge in [0.15, 0.2) is 11.5 Å². The van der Waals surface area contributed by atoms with E-state index in [1.807, 2.05) is 6.92 Å². The Kier molecular flexibility index (Phi) is 6.54. The van der Waals surface area contributed by atoms with Gasteiger partial charge >= 0.3 is 6.36 Å². The van der Waals surface area contributed by atoms with Crippen molar-refractivity contribution in [1.29, 1.82) is 0 Å². The summed E-state index contributed by atoms with van der Waals surface area (Å²) in [6, 6.07) is 5.40. The lowest BCUT2D eigenvalue weighted by Crippen LogP contribution is -2.44. The molecule has 3 heterocycles. The average molecular weight is 461 g/mol. The second kappa shape index (κ2) is 9.53. The Bertz CT molecular complexity index is 1130. The molecule has 0 bridgehead atoms. The van der Waals surface area contributed by atoms with Crippen molar-refractivity contribution in [2.24, 2.45) is 0 Å². The molecule has 3 aromatic rings. The van der Waals surface area contributed by atoms with E-state index in [2.05, 4.69) is 40.2 Å². The number of carbonyl (C=O) groups is 1. The first-order valence-corrected chi connectivity index (χ1v) is 10.4. The summed E-state index contributed by atoms with van der Waals surface area (Å²) in [5.74, 6) is 0.289. The number of nitrogens with one attached hydrogen (secondary N) is 2. The third-order valence-electron chi connectivity index (χ3n) is 5.03. The van der Waals surface area contributed by atoms with Gasteiger partial charge in [0.25, 0.3) is 0 Å². The van der Waals surface area contributed by atoms with Gasteiger partial charge in [-0.15, -0.1) is 13.2 Å². The molecule has 174 valence electrons. The monoisotopic (exact) mass is 461 g/mol. The number of benzene rings is 1. The first-order chi connectivity index (χ1) is 15.8. The van der Waals surface area contributed by atoms with Crippen LogP contribution < -0.4 is 20.3 Å². The molecule has 1 saturated heterocycles. The Morgan fingerprint density at radius 3 is 2.58 bits per heavy atom. The fourth-order valence-electron chi connectivity index (χ4n) is 3.42. The number of halogens is 3. The number of alkyl halides is 3. The number of carbonyl (C=O) groups excluding carboxylic acids is 1. The highest BCUT2D eigenvalue weighted by Crippen LogP contribution is 2.23. The lowest BCUT2D eigenvalue weighted by Gasteiger charge is -2.27. The highest BCUT2D eigenvalue weighted by molar-refractivity contribution is 5.90. The molecule has 0 radical (unpaired) electrons. The average Bonchev–Trinajstić information content (AvgIpc) is 2.78. The molecule has 0 aliphatic carbocycles. The van der Waals surface area contributed by atoms with E-state index in [1.165, 1.54) is 30.5 Å². The number of hydrogen-bond acceptors (Lipinski definition) is 8. The van der Waals surface area contributed by atoms with E-state index in [-0.39, 0.29) is 23.9 Å². The quantitative estimate of drug-likeness (QED) is 0.577. The molecule has 4 rings (SSSR count). The highest BCUT2D eigenvalue weighted by Gasteiger charge is 2.30. The van der Waals surface area contributed by atoms with E-state index < -0.39 is 6.36 Å². The Balaban J connectivity index is 1.37. The molecule has 0 spiro atoms. The van der Waals surface area contributed by atoms with Crippen LogP contribution >= 0.6 is 0 Å². The van der Waals surface area contributed by atoms with Crippen molar-refractivity contribution in [3.63, 3.8) is 0 Å². The SMILES string of the molecule is Cc1nc(N2CCNCC2)nc2ncc(NC(=O)CCc3ccc(OC(F)(F)F)cc3)nc12. The second-order valence-electron chi connectivity index (χ2n) is 7.51. The van der Waals surface area contributed by atoms with Gasteiger partial charge in [0.2, 0.25) is 11.9 Å². The lowest BCUT2D eigenvalue weighted by atomic mass is 10.1. The number of fused-ring (bicyclic) bond motifs is 1. The second-order valence-corrected chi connectivity index (χ2v) is 7.51. The van der Waals surface area contributed by atoms with Crippen molar-refractivity contribution in [3.8, 4) is 5.75 Å². The number of piperazine rings is 1. The number of amides is 1. The molecule has 1 aromatic carbocycles. The van der Waals surface area contributed by atoms with Crippen LogP contribution in [0.5, 0.6) is 5.75 Å². The molecular weight excluding hydrogens is 439 g/mol. The van der Waals surface area contributed by atoms with Crippen LogP contribution in [0.25, 0.3) is 11.2 Å². The fraction of sp³-hybridized carbons (Fsp3) is 0.381. The molecule has 33 heavy (non-hydrogen) atoms. The summed E-state index contributed by atoms with van der Waals surface area (Å²) in [5.41, 5.74) is 2.33. The Labute approximate surface area is 187 Å². The first-order valence-electron chi connectivity index (χ1n) is 10.4. The summed E-state index contributed by atoms with van der Waals surface area (Å²) in [6.07, 6.45) is -2.83. The zero-order valence-electron chi connectivity index (χ0n) is 17.8. The Hall–Kier alpha value is -3.54. The number of anilines is 2. The number of hydrogen-bond donors (Lipinski definition) is 2. The van der Waals surface area contributed by atoms with Crippen LogP contribution in [0.4, 0.5) is 24.9 Å². The van der Waals surface area contributed by atoms with Crippen molar-refractivity contribution in [1.82, 2.24) is 25.3 Å². The molecule has 2 aromatic heterocycles. The summed E-state index contributed by atoms with van der Waals surface area (Å²) < 4.78 is 40.5. The van der Waals surface area contributed by atoms with Crippen molar-refractivity contribution < 1.29 is 22.7 Å². The van der Waals surface area contributed by atoms with E-state index in [9.17, 15) is 18.0 Å². The van der Waals surface area contributed by atoms with Crippen LogP contribution in [-0.2, 0) is 11.2 Å². The summed E-state index contributed by atoms with van der Waals surface area (Å²) in [5, 5.41) is 5.97. The van der Waals surface area contributed by atoms with Crippen LogP contribution in [0.3, 0.4) is 0 Å². The normalized spacial score (nSPS) is 14.4. The van der Waals surface area contributed by atoms with Gasteiger partial charge in [-0.05, 0) is 31.0 Å². The number of nitrogens with zero attached hydrogens (tertiary/aromatic N) is 5. The fourth-order valence-corrected chi connectivity index (χ4v) is 3.42. The maximum Gasteiger partial charge on any atom is 0.573 e. The molecule has 0 unspecified atom stereocenters.